The van der Waals surface area contributed by atoms with Crippen LogP contribution in [0.4, 0.5) is 0 Å². The standard InChI is InChI=1S/C15H20N4O2/c1-18-11(9-8-10-6-4-3-5-7-10)16-13-12(18)14(20)17-15(21)19(13)2/h8-10H,3-7H2,1-2H3,(H,17,20,21). The molecule has 0 amide bonds. The Labute approximate surface area is 122 Å². The SMILES string of the molecule is Cn1c(C=CC2CCCCC2)nc2c1c(=O)[nH]c(=O)n2C. The maximum Gasteiger partial charge on any atom is 0.329 e. The Kier molecular flexibility index (Phi) is 3.53. The van der Waals surface area contributed by atoms with Crippen LogP contribution in [0, 0.1) is 5.92 Å². The number of hydrogen-bond donors (Lipinski definition) is 1. The van der Waals surface area contributed by atoms with Gasteiger partial charge in [0.15, 0.2) is 11.2 Å². The first-order valence-corrected chi connectivity index (χ1v) is 7.42. The van der Waals surface area contributed by atoms with E-state index in [9.17, 15) is 9.59 Å². The van der Waals surface area contributed by atoms with E-state index in [1.807, 2.05) is 6.08 Å². The van der Waals surface area contributed by atoms with E-state index in [4.69, 9.17) is 0 Å². The van der Waals surface area contributed by atoms with Crippen LogP contribution in [0.15, 0.2) is 15.7 Å². The maximum atomic E-state index is 11.9. The van der Waals surface area contributed by atoms with Gasteiger partial charge in [-0.1, -0.05) is 25.3 Å². The Morgan fingerprint density at radius 3 is 2.57 bits per heavy atom. The molecule has 112 valence electrons. The zero-order valence-electron chi connectivity index (χ0n) is 12.4. The number of H-pyrrole nitrogens is 1. The van der Waals surface area contributed by atoms with Crippen LogP contribution in [0.5, 0.6) is 0 Å². The van der Waals surface area contributed by atoms with Crippen molar-refractivity contribution in [3.63, 3.8) is 0 Å². The summed E-state index contributed by atoms with van der Waals surface area (Å²) in [6.07, 6.45) is 10.5. The molecule has 0 radical (unpaired) electrons. The van der Waals surface area contributed by atoms with Crippen molar-refractivity contribution in [2.45, 2.75) is 32.1 Å². The van der Waals surface area contributed by atoms with Crippen molar-refractivity contribution in [3.05, 3.63) is 32.7 Å². The molecule has 0 saturated heterocycles. The van der Waals surface area contributed by atoms with Gasteiger partial charge in [0.1, 0.15) is 5.82 Å². The highest BCUT2D eigenvalue weighted by molar-refractivity contribution is 5.73. The lowest BCUT2D eigenvalue weighted by Gasteiger charge is -2.17. The second-order valence-corrected chi connectivity index (χ2v) is 5.78. The summed E-state index contributed by atoms with van der Waals surface area (Å²) in [5.41, 5.74) is 0.0313. The van der Waals surface area contributed by atoms with E-state index < -0.39 is 5.69 Å². The molecule has 21 heavy (non-hydrogen) atoms. The number of allylic oxidation sites excluding steroid dienone is 1. The molecule has 0 bridgehead atoms. The van der Waals surface area contributed by atoms with Gasteiger partial charge in [-0.15, -0.1) is 0 Å². The quantitative estimate of drug-likeness (QED) is 0.911. The summed E-state index contributed by atoms with van der Waals surface area (Å²) in [6.45, 7) is 0. The molecule has 0 spiro atoms. The van der Waals surface area contributed by atoms with Crippen molar-refractivity contribution >= 4 is 17.2 Å². The van der Waals surface area contributed by atoms with E-state index in [1.165, 1.54) is 36.7 Å². The van der Waals surface area contributed by atoms with Crippen LogP contribution < -0.4 is 11.2 Å². The predicted molar refractivity (Wildman–Crippen MR) is 82.2 cm³/mol. The van der Waals surface area contributed by atoms with Crippen LogP contribution in [0.1, 0.15) is 37.9 Å². The first kappa shape index (κ1) is 13.9. The summed E-state index contributed by atoms with van der Waals surface area (Å²) in [6, 6.07) is 0. The highest BCUT2D eigenvalue weighted by atomic mass is 16.2. The Morgan fingerprint density at radius 2 is 1.86 bits per heavy atom. The second kappa shape index (κ2) is 5.35. The number of aryl methyl sites for hydroxylation is 2. The van der Waals surface area contributed by atoms with Crippen LogP contribution in [0.25, 0.3) is 17.2 Å². The molecule has 0 aromatic carbocycles. The fraction of sp³-hybridized carbons (Fsp3) is 0.533. The van der Waals surface area contributed by atoms with Crippen LogP contribution in [0.2, 0.25) is 0 Å². The molecule has 3 rings (SSSR count). The number of rotatable bonds is 2. The molecular formula is C15H20N4O2. The largest absolute Gasteiger partial charge is 0.329 e. The third-order valence-corrected chi connectivity index (χ3v) is 4.34. The van der Waals surface area contributed by atoms with Crippen LogP contribution in [-0.4, -0.2) is 19.1 Å². The van der Waals surface area contributed by atoms with Gasteiger partial charge in [0.05, 0.1) is 0 Å². The third-order valence-electron chi connectivity index (χ3n) is 4.34. The summed E-state index contributed by atoms with van der Waals surface area (Å²) >= 11 is 0. The molecule has 1 aliphatic rings. The van der Waals surface area contributed by atoms with E-state index in [0.29, 0.717) is 22.9 Å². The zero-order chi connectivity index (χ0) is 15.0. The molecule has 1 N–H and O–H groups in total. The maximum absolute atomic E-state index is 11.9. The van der Waals surface area contributed by atoms with Gasteiger partial charge in [-0.3, -0.25) is 14.3 Å². The number of nitrogens with one attached hydrogen (secondary N) is 1. The molecule has 2 aromatic heterocycles. The van der Waals surface area contributed by atoms with Crippen molar-refractivity contribution in [2.75, 3.05) is 0 Å². The zero-order valence-corrected chi connectivity index (χ0v) is 12.4. The fourth-order valence-electron chi connectivity index (χ4n) is 3.02. The lowest BCUT2D eigenvalue weighted by Crippen LogP contribution is -2.29. The monoisotopic (exact) mass is 288 g/mol. The van der Waals surface area contributed by atoms with E-state index in [2.05, 4.69) is 16.0 Å². The molecule has 0 unspecified atom stereocenters. The first-order chi connectivity index (χ1) is 10.1. The highest BCUT2D eigenvalue weighted by Gasteiger charge is 2.14. The van der Waals surface area contributed by atoms with Gasteiger partial charge in [0.25, 0.3) is 5.56 Å². The van der Waals surface area contributed by atoms with Crippen LogP contribution >= 0.6 is 0 Å². The Bertz CT molecular complexity index is 803. The summed E-state index contributed by atoms with van der Waals surface area (Å²) in [4.78, 5) is 30.3. The summed E-state index contributed by atoms with van der Waals surface area (Å²) in [5, 5.41) is 0. The molecule has 1 fully saturated rings. The van der Waals surface area contributed by atoms with E-state index >= 15 is 0 Å². The molecule has 6 nitrogen and oxygen atoms in total. The lowest BCUT2D eigenvalue weighted by atomic mass is 9.89. The van der Waals surface area contributed by atoms with Gasteiger partial charge in [-0.25, -0.2) is 9.78 Å². The van der Waals surface area contributed by atoms with Crippen LogP contribution in [0.3, 0.4) is 0 Å². The van der Waals surface area contributed by atoms with Crippen molar-refractivity contribution in [1.29, 1.82) is 0 Å². The average Bonchev–Trinajstić information content (AvgIpc) is 2.81. The molecule has 2 heterocycles. The Morgan fingerprint density at radius 1 is 1.14 bits per heavy atom. The molecular weight excluding hydrogens is 268 g/mol. The van der Waals surface area contributed by atoms with Crippen molar-refractivity contribution < 1.29 is 0 Å². The minimum Gasteiger partial charge on any atom is -0.322 e. The summed E-state index contributed by atoms with van der Waals surface area (Å²) in [7, 11) is 3.41. The third kappa shape index (κ3) is 2.46. The van der Waals surface area contributed by atoms with Gasteiger partial charge >= 0.3 is 5.69 Å². The fourth-order valence-corrected chi connectivity index (χ4v) is 3.02. The van der Waals surface area contributed by atoms with E-state index in [0.717, 1.165) is 0 Å². The van der Waals surface area contributed by atoms with Gasteiger partial charge in [0, 0.05) is 14.1 Å². The van der Waals surface area contributed by atoms with Gasteiger partial charge in [0.2, 0.25) is 0 Å². The van der Waals surface area contributed by atoms with E-state index in [-0.39, 0.29) is 5.56 Å². The van der Waals surface area contributed by atoms with Gasteiger partial charge < -0.3 is 4.57 Å². The number of hydrogen-bond acceptors (Lipinski definition) is 3. The number of aromatic amines is 1. The smallest absolute Gasteiger partial charge is 0.322 e. The van der Waals surface area contributed by atoms with Crippen molar-refractivity contribution in [1.82, 2.24) is 19.1 Å². The Hall–Kier alpha value is -2.11. The lowest BCUT2D eigenvalue weighted by molar-refractivity contribution is 0.420. The molecule has 0 atom stereocenters. The number of nitrogens with zero attached hydrogens (tertiary/aromatic N) is 3. The Balaban J connectivity index is 2.04. The van der Waals surface area contributed by atoms with Crippen LogP contribution in [-0.2, 0) is 14.1 Å². The molecule has 6 heteroatoms. The van der Waals surface area contributed by atoms with Gasteiger partial charge in [-0.05, 0) is 24.8 Å². The summed E-state index contributed by atoms with van der Waals surface area (Å²) < 4.78 is 3.11. The molecule has 2 aromatic rings. The molecule has 1 saturated carbocycles. The topological polar surface area (TPSA) is 72.7 Å². The number of aromatic nitrogens is 4. The second-order valence-electron chi connectivity index (χ2n) is 5.78. The average molecular weight is 288 g/mol. The van der Waals surface area contributed by atoms with Gasteiger partial charge in [-0.2, -0.15) is 0 Å². The molecule has 0 aliphatic heterocycles. The van der Waals surface area contributed by atoms with Crippen molar-refractivity contribution in [2.24, 2.45) is 20.0 Å². The van der Waals surface area contributed by atoms with Crippen molar-refractivity contribution in [3.8, 4) is 0 Å². The summed E-state index contributed by atoms with van der Waals surface area (Å²) in [5.74, 6) is 1.31. The minimum absolute atomic E-state index is 0.389. The minimum atomic E-state index is -0.437. The predicted octanol–water partition coefficient (Wildman–Crippen LogP) is 1.55. The normalized spacial score (nSPS) is 17.0. The molecule has 1 aliphatic carbocycles. The van der Waals surface area contributed by atoms with E-state index in [1.54, 1.807) is 18.7 Å². The number of imidazole rings is 1. The number of fused-ring (bicyclic) bond motifs is 1. The first-order valence-electron chi connectivity index (χ1n) is 7.42. The highest BCUT2D eigenvalue weighted by Crippen LogP contribution is 2.25.